The molecule has 0 fully saturated rings. The van der Waals surface area contributed by atoms with E-state index in [1.165, 1.54) is 13.2 Å². The summed E-state index contributed by atoms with van der Waals surface area (Å²) >= 11 is 3.03. The van der Waals surface area contributed by atoms with E-state index < -0.39 is 11.6 Å². The highest BCUT2D eigenvalue weighted by molar-refractivity contribution is 9.10. The smallest absolute Gasteiger partial charge is 0.165 e. The van der Waals surface area contributed by atoms with Crippen LogP contribution in [0.3, 0.4) is 0 Å². The van der Waals surface area contributed by atoms with Crippen LogP contribution in [-0.4, -0.2) is 14.2 Å². The van der Waals surface area contributed by atoms with Gasteiger partial charge in [-0.05, 0) is 28.1 Å². The van der Waals surface area contributed by atoms with Gasteiger partial charge in [-0.1, -0.05) is 12.1 Å². The van der Waals surface area contributed by atoms with Crippen molar-refractivity contribution < 1.29 is 18.3 Å². The quantitative estimate of drug-likeness (QED) is 0.806. The van der Waals surface area contributed by atoms with Crippen LogP contribution in [-0.2, 0) is 6.54 Å². The van der Waals surface area contributed by atoms with E-state index in [2.05, 4.69) is 21.2 Å². The first-order valence-corrected chi connectivity index (χ1v) is 6.94. The van der Waals surface area contributed by atoms with Crippen molar-refractivity contribution in [3.8, 4) is 11.5 Å². The van der Waals surface area contributed by atoms with Crippen molar-refractivity contribution in [2.45, 2.75) is 6.54 Å². The zero-order valence-electron chi connectivity index (χ0n) is 11.5. The first kappa shape index (κ1) is 15.6. The topological polar surface area (TPSA) is 30.5 Å². The standard InChI is InChI=1S/C15H14BrF2NO2/c1-20-14-5-3-4-9(15(14)21-2)8-19-13-6-10(16)11(17)7-12(13)18/h3-7,19H,8H2,1-2H3. The summed E-state index contributed by atoms with van der Waals surface area (Å²) in [5.41, 5.74) is 1.00. The van der Waals surface area contributed by atoms with Crippen molar-refractivity contribution in [3.05, 3.63) is 52.0 Å². The molecule has 3 nitrogen and oxygen atoms in total. The van der Waals surface area contributed by atoms with Gasteiger partial charge in [0.25, 0.3) is 0 Å². The molecule has 0 radical (unpaired) electrons. The minimum atomic E-state index is -0.655. The van der Waals surface area contributed by atoms with E-state index in [0.717, 1.165) is 11.6 Å². The van der Waals surface area contributed by atoms with Gasteiger partial charge < -0.3 is 14.8 Å². The number of hydrogen-bond donors (Lipinski definition) is 1. The van der Waals surface area contributed by atoms with Crippen LogP contribution in [0.2, 0.25) is 0 Å². The van der Waals surface area contributed by atoms with Gasteiger partial charge in [-0.3, -0.25) is 0 Å². The van der Waals surface area contributed by atoms with Crippen LogP contribution in [0.25, 0.3) is 0 Å². The van der Waals surface area contributed by atoms with Crippen LogP contribution in [0.5, 0.6) is 11.5 Å². The molecule has 0 aliphatic heterocycles. The Morgan fingerprint density at radius 1 is 1.10 bits per heavy atom. The zero-order valence-corrected chi connectivity index (χ0v) is 13.1. The van der Waals surface area contributed by atoms with Crippen molar-refractivity contribution in [2.75, 3.05) is 19.5 Å². The second-order valence-corrected chi connectivity index (χ2v) is 5.11. The normalized spacial score (nSPS) is 10.3. The molecule has 0 saturated heterocycles. The van der Waals surface area contributed by atoms with Crippen LogP contribution in [0.1, 0.15) is 5.56 Å². The molecule has 0 amide bonds. The van der Waals surface area contributed by atoms with Gasteiger partial charge in [0.15, 0.2) is 11.5 Å². The Hall–Kier alpha value is -1.82. The summed E-state index contributed by atoms with van der Waals surface area (Å²) < 4.78 is 37.6. The highest BCUT2D eigenvalue weighted by Crippen LogP contribution is 2.31. The van der Waals surface area contributed by atoms with Gasteiger partial charge in [0.2, 0.25) is 0 Å². The predicted molar refractivity (Wildman–Crippen MR) is 80.9 cm³/mol. The molecule has 0 aromatic heterocycles. The molecule has 21 heavy (non-hydrogen) atoms. The van der Waals surface area contributed by atoms with E-state index in [1.807, 2.05) is 12.1 Å². The molecule has 112 valence electrons. The Morgan fingerprint density at radius 3 is 2.52 bits per heavy atom. The van der Waals surface area contributed by atoms with Crippen molar-refractivity contribution in [1.82, 2.24) is 0 Å². The first-order chi connectivity index (χ1) is 10.1. The molecular formula is C15H14BrF2NO2. The van der Waals surface area contributed by atoms with Gasteiger partial charge in [0, 0.05) is 18.2 Å². The van der Waals surface area contributed by atoms with Crippen molar-refractivity contribution in [2.24, 2.45) is 0 Å². The van der Waals surface area contributed by atoms with Crippen LogP contribution in [0.15, 0.2) is 34.8 Å². The van der Waals surface area contributed by atoms with Gasteiger partial charge in [0.1, 0.15) is 11.6 Å². The molecule has 0 spiro atoms. The maximum absolute atomic E-state index is 13.7. The molecule has 2 aromatic carbocycles. The predicted octanol–water partition coefficient (Wildman–Crippen LogP) is 4.36. The number of anilines is 1. The summed E-state index contributed by atoms with van der Waals surface area (Å²) in [6.07, 6.45) is 0. The Balaban J connectivity index is 2.22. The molecule has 0 atom stereocenters. The second kappa shape index (κ2) is 6.76. The molecule has 0 saturated carbocycles. The van der Waals surface area contributed by atoms with Crippen LogP contribution in [0.4, 0.5) is 14.5 Å². The molecule has 0 bridgehead atoms. The molecule has 0 aliphatic rings. The van der Waals surface area contributed by atoms with Gasteiger partial charge in [-0.15, -0.1) is 0 Å². The van der Waals surface area contributed by atoms with E-state index >= 15 is 0 Å². The molecule has 0 aliphatic carbocycles. The lowest BCUT2D eigenvalue weighted by molar-refractivity contribution is 0.352. The molecule has 1 N–H and O–H groups in total. The summed E-state index contributed by atoms with van der Waals surface area (Å²) in [5.74, 6) is -0.124. The Bertz CT molecular complexity index is 650. The van der Waals surface area contributed by atoms with Gasteiger partial charge in [-0.25, -0.2) is 8.78 Å². The molecule has 6 heteroatoms. The number of para-hydroxylation sites is 1. The summed E-state index contributed by atoms with van der Waals surface area (Å²) in [5, 5.41) is 2.92. The maximum Gasteiger partial charge on any atom is 0.165 e. The van der Waals surface area contributed by atoms with E-state index in [4.69, 9.17) is 9.47 Å². The summed E-state index contributed by atoms with van der Waals surface area (Å²) in [4.78, 5) is 0. The fourth-order valence-electron chi connectivity index (χ4n) is 1.94. The maximum atomic E-state index is 13.7. The minimum absolute atomic E-state index is 0.198. The highest BCUT2D eigenvalue weighted by atomic mass is 79.9. The molecule has 2 rings (SSSR count). The lowest BCUT2D eigenvalue weighted by Crippen LogP contribution is -2.04. The highest BCUT2D eigenvalue weighted by Gasteiger charge is 2.11. The van der Waals surface area contributed by atoms with E-state index in [-0.39, 0.29) is 10.2 Å². The number of methoxy groups -OCH3 is 2. The zero-order chi connectivity index (χ0) is 15.4. The molecule has 0 unspecified atom stereocenters. The van der Waals surface area contributed by atoms with Crippen molar-refractivity contribution in [3.63, 3.8) is 0 Å². The average molecular weight is 358 g/mol. The number of nitrogens with one attached hydrogen (secondary N) is 1. The second-order valence-electron chi connectivity index (χ2n) is 4.25. The Kier molecular flexibility index (Phi) is 5.01. The molecule has 0 heterocycles. The fraction of sp³-hybridized carbons (Fsp3) is 0.200. The number of hydrogen-bond acceptors (Lipinski definition) is 3. The SMILES string of the molecule is COc1cccc(CNc2cc(Br)c(F)cc2F)c1OC. The van der Waals surface area contributed by atoms with Crippen LogP contribution >= 0.6 is 15.9 Å². The lowest BCUT2D eigenvalue weighted by atomic mass is 10.1. The average Bonchev–Trinajstić information content (AvgIpc) is 2.49. The largest absolute Gasteiger partial charge is 0.493 e. The Morgan fingerprint density at radius 2 is 1.86 bits per heavy atom. The van der Waals surface area contributed by atoms with Crippen LogP contribution < -0.4 is 14.8 Å². The number of rotatable bonds is 5. The number of halogens is 3. The monoisotopic (exact) mass is 357 g/mol. The van der Waals surface area contributed by atoms with Gasteiger partial charge >= 0.3 is 0 Å². The van der Waals surface area contributed by atoms with Crippen LogP contribution in [0, 0.1) is 11.6 Å². The third-order valence-corrected chi connectivity index (χ3v) is 3.57. The summed E-state index contributed by atoms with van der Waals surface area (Å²) in [7, 11) is 3.09. The van der Waals surface area contributed by atoms with Crippen molar-refractivity contribution >= 4 is 21.6 Å². The third-order valence-electron chi connectivity index (χ3n) is 2.96. The molecule has 2 aromatic rings. The fourth-order valence-corrected chi connectivity index (χ4v) is 2.28. The third kappa shape index (κ3) is 3.44. The Labute approximate surface area is 130 Å². The number of benzene rings is 2. The van der Waals surface area contributed by atoms with Gasteiger partial charge in [0.05, 0.1) is 24.4 Å². The summed E-state index contributed by atoms with van der Waals surface area (Å²) in [6, 6.07) is 7.62. The van der Waals surface area contributed by atoms with Gasteiger partial charge in [-0.2, -0.15) is 0 Å². The first-order valence-electron chi connectivity index (χ1n) is 6.15. The number of ether oxygens (including phenoxy) is 2. The van der Waals surface area contributed by atoms with E-state index in [0.29, 0.717) is 18.0 Å². The summed E-state index contributed by atoms with van der Waals surface area (Å²) in [6.45, 7) is 0.315. The van der Waals surface area contributed by atoms with Crippen molar-refractivity contribution in [1.29, 1.82) is 0 Å². The lowest BCUT2D eigenvalue weighted by Gasteiger charge is -2.14. The minimum Gasteiger partial charge on any atom is -0.493 e. The van der Waals surface area contributed by atoms with E-state index in [1.54, 1.807) is 13.2 Å². The molecular weight excluding hydrogens is 344 g/mol. The van der Waals surface area contributed by atoms with E-state index in [9.17, 15) is 8.78 Å².